The summed E-state index contributed by atoms with van der Waals surface area (Å²) in [7, 11) is 0. The van der Waals surface area contributed by atoms with Crippen LogP contribution in [-0.4, -0.2) is 58.5 Å². The number of carbonyl (C=O) groups excluding carboxylic acids is 1. The Morgan fingerprint density at radius 1 is 1.31 bits per heavy atom. The van der Waals surface area contributed by atoms with Crippen LogP contribution in [0.1, 0.15) is 37.3 Å². The Hall–Kier alpha value is -2.88. The van der Waals surface area contributed by atoms with Gasteiger partial charge in [-0.25, -0.2) is 0 Å². The minimum Gasteiger partial charge on any atom is -0.507 e. The summed E-state index contributed by atoms with van der Waals surface area (Å²) in [6, 6.07) is 4.69. The highest BCUT2D eigenvalue weighted by atomic mass is 19.4. The average Bonchev–Trinajstić information content (AvgIpc) is 2.73. The molecular weight excluding hydrogens is 425 g/mol. The van der Waals surface area contributed by atoms with Crippen LogP contribution >= 0.6 is 0 Å². The van der Waals surface area contributed by atoms with Gasteiger partial charge in [-0.1, -0.05) is 0 Å². The minimum absolute atomic E-state index is 0.130. The van der Waals surface area contributed by atoms with Crippen molar-refractivity contribution in [2.45, 2.75) is 45.3 Å². The first kappa shape index (κ1) is 23.8. The van der Waals surface area contributed by atoms with Crippen molar-refractivity contribution in [1.29, 1.82) is 0 Å². The molecule has 0 bridgehead atoms. The molecule has 0 aliphatic carbocycles. The number of alkyl halides is 3. The van der Waals surface area contributed by atoms with E-state index in [4.69, 9.17) is 4.74 Å². The van der Waals surface area contributed by atoms with Crippen molar-refractivity contribution in [3.8, 4) is 17.0 Å². The number of aromatic nitrogens is 2. The monoisotopic (exact) mass is 452 g/mol. The molecule has 2 aromatic rings. The van der Waals surface area contributed by atoms with Crippen LogP contribution < -0.4 is 5.32 Å². The molecule has 1 aromatic carbocycles. The van der Waals surface area contributed by atoms with Gasteiger partial charge in [0.25, 0.3) is 0 Å². The Morgan fingerprint density at radius 3 is 2.75 bits per heavy atom. The SMILES string of the molecule is CCOC(=O)CCN1CCCC(Nc2cc(C)c(-c3ccc(C(F)(F)F)cc3O)nn2)C1. The predicted molar refractivity (Wildman–Crippen MR) is 113 cm³/mol. The molecule has 1 saturated heterocycles. The first-order valence-corrected chi connectivity index (χ1v) is 10.6. The predicted octanol–water partition coefficient (Wildman–Crippen LogP) is 4.01. The number of hydrogen-bond acceptors (Lipinski definition) is 7. The molecule has 174 valence electrons. The van der Waals surface area contributed by atoms with E-state index in [1.54, 1.807) is 19.9 Å². The third-order valence-corrected chi connectivity index (χ3v) is 5.36. The summed E-state index contributed by atoms with van der Waals surface area (Å²) in [5, 5.41) is 21.7. The number of phenolic OH excluding ortho intramolecular Hbond substituents is 1. The number of phenols is 1. The summed E-state index contributed by atoms with van der Waals surface area (Å²) in [4.78, 5) is 13.8. The zero-order valence-electron chi connectivity index (χ0n) is 18.1. The number of rotatable bonds is 7. The fourth-order valence-corrected chi connectivity index (χ4v) is 3.80. The van der Waals surface area contributed by atoms with Crippen LogP contribution in [0.4, 0.5) is 19.0 Å². The molecule has 1 aliphatic heterocycles. The maximum atomic E-state index is 12.8. The molecule has 2 heterocycles. The minimum atomic E-state index is -4.53. The third-order valence-electron chi connectivity index (χ3n) is 5.36. The van der Waals surface area contributed by atoms with Gasteiger partial charge in [-0.15, -0.1) is 10.2 Å². The molecule has 3 rings (SSSR count). The van der Waals surface area contributed by atoms with Crippen molar-refractivity contribution < 1.29 is 27.8 Å². The van der Waals surface area contributed by atoms with Gasteiger partial charge in [0.15, 0.2) is 0 Å². The number of carbonyl (C=O) groups is 1. The van der Waals surface area contributed by atoms with Gasteiger partial charge in [0.1, 0.15) is 11.6 Å². The van der Waals surface area contributed by atoms with E-state index in [2.05, 4.69) is 20.4 Å². The lowest BCUT2D eigenvalue weighted by molar-refractivity contribution is -0.143. The Kier molecular flexibility index (Phi) is 7.55. The fraction of sp³-hybridized carbons (Fsp3) is 0.500. The van der Waals surface area contributed by atoms with Crippen molar-refractivity contribution in [1.82, 2.24) is 15.1 Å². The Morgan fingerprint density at radius 2 is 2.09 bits per heavy atom. The average molecular weight is 452 g/mol. The Labute approximate surface area is 184 Å². The van der Waals surface area contributed by atoms with Crippen LogP contribution in [0, 0.1) is 6.92 Å². The van der Waals surface area contributed by atoms with Crippen molar-refractivity contribution in [2.75, 3.05) is 31.6 Å². The summed E-state index contributed by atoms with van der Waals surface area (Å²) in [6.45, 7) is 6.22. The first-order valence-electron chi connectivity index (χ1n) is 10.6. The van der Waals surface area contributed by atoms with Gasteiger partial charge < -0.3 is 20.1 Å². The number of anilines is 1. The fourth-order valence-electron chi connectivity index (χ4n) is 3.80. The smallest absolute Gasteiger partial charge is 0.416 e. The number of benzene rings is 1. The van der Waals surface area contributed by atoms with Gasteiger partial charge in [0.2, 0.25) is 0 Å². The molecular formula is C22H27F3N4O3. The van der Waals surface area contributed by atoms with Gasteiger partial charge >= 0.3 is 12.1 Å². The number of aryl methyl sites for hydroxylation is 1. The van der Waals surface area contributed by atoms with Gasteiger partial charge in [0.05, 0.1) is 24.3 Å². The molecule has 2 N–H and O–H groups in total. The van der Waals surface area contributed by atoms with E-state index in [0.717, 1.165) is 32.0 Å². The summed E-state index contributed by atoms with van der Waals surface area (Å²) < 4.78 is 43.5. The second-order valence-electron chi connectivity index (χ2n) is 7.83. The number of hydrogen-bond donors (Lipinski definition) is 2. The summed E-state index contributed by atoms with van der Waals surface area (Å²) in [5.41, 5.74) is 0.263. The van der Waals surface area contributed by atoms with E-state index in [1.165, 1.54) is 6.07 Å². The quantitative estimate of drug-likeness (QED) is 0.614. The molecule has 1 aliphatic rings. The van der Waals surface area contributed by atoms with Crippen LogP contribution in [-0.2, 0) is 15.7 Å². The Bertz CT molecular complexity index is 953. The molecule has 1 atom stereocenters. The van der Waals surface area contributed by atoms with Crippen molar-refractivity contribution in [3.63, 3.8) is 0 Å². The molecule has 1 aromatic heterocycles. The number of halogens is 3. The van der Waals surface area contributed by atoms with Gasteiger partial charge in [0, 0.05) is 24.7 Å². The van der Waals surface area contributed by atoms with Crippen LogP contribution in [0.25, 0.3) is 11.3 Å². The van der Waals surface area contributed by atoms with E-state index < -0.39 is 17.5 Å². The van der Waals surface area contributed by atoms with Crippen molar-refractivity contribution in [2.24, 2.45) is 0 Å². The highest BCUT2D eigenvalue weighted by Gasteiger charge is 2.31. The number of aromatic hydroxyl groups is 1. The van der Waals surface area contributed by atoms with Crippen molar-refractivity contribution in [3.05, 3.63) is 35.4 Å². The summed E-state index contributed by atoms with van der Waals surface area (Å²) >= 11 is 0. The van der Waals surface area contributed by atoms with Crippen LogP contribution in [0.15, 0.2) is 24.3 Å². The number of piperidine rings is 1. The molecule has 7 nitrogen and oxygen atoms in total. The van der Waals surface area contributed by atoms with E-state index in [9.17, 15) is 23.1 Å². The van der Waals surface area contributed by atoms with E-state index in [0.29, 0.717) is 42.7 Å². The molecule has 0 spiro atoms. The third kappa shape index (κ3) is 6.09. The number of nitrogens with zero attached hydrogens (tertiary/aromatic N) is 3. The second kappa shape index (κ2) is 10.2. The maximum absolute atomic E-state index is 12.8. The standard InChI is InChI=1S/C22H27F3N4O3/c1-3-32-20(31)8-10-29-9-4-5-16(13-29)26-19-11-14(2)21(28-27-19)17-7-6-15(12-18(17)30)22(23,24)25/h6-7,11-12,16,30H,3-5,8-10,13H2,1-2H3,(H,26,27). The van der Waals surface area contributed by atoms with Gasteiger partial charge in [-0.2, -0.15) is 13.2 Å². The lowest BCUT2D eigenvalue weighted by Gasteiger charge is -2.33. The summed E-state index contributed by atoms with van der Waals surface area (Å²) in [6.07, 6.45) is -2.26. The van der Waals surface area contributed by atoms with Crippen molar-refractivity contribution >= 4 is 11.8 Å². The lowest BCUT2D eigenvalue weighted by atomic mass is 10.0. The molecule has 1 unspecified atom stereocenters. The topological polar surface area (TPSA) is 87.6 Å². The first-order chi connectivity index (χ1) is 15.2. The second-order valence-corrected chi connectivity index (χ2v) is 7.83. The highest BCUT2D eigenvalue weighted by molar-refractivity contribution is 5.70. The van der Waals surface area contributed by atoms with Gasteiger partial charge in [-0.3, -0.25) is 4.79 Å². The molecule has 0 amide bonds. The molecule has 10 heteroatoms. The zero-order chi connectivity index (χ0) is 23.3. The number of likely N-dealkylation sites (tertiary alicyclic amines) is 1. The lowest BCUT2D eigenvalue weighted by Crippen LogP contribution is -2.43. The van der Waals surface area contributed by atoms with Crippen LogP contribution in [0.2, 0.25) is 0 Å². The van der Waals surface area contributed by atoms with Crippen LogP contribution in [0.3, 0.4) is 0 Å². The zero-order valence-corrected chi connectivity index (χ0v) is 18.1. The summed E-state index contributed by atoms with van der Waals surface area (Å²) in [5.74, 6) is -0.150. The van der Waals surface area contributed by atoms with E-state index in [-0.39, 0.29) is 17.6 Å². The van der Waals surface area contributed by atoms with E-state index in [1.807, 2.05) is 0 Å². The highest BCUT2D eigenvalue weighted by Crippen LogP contribution is 2.36. The number of ether oxygens (including phenoxy) is 1. The van der Waals surface area contributed by atoms with E-state index >= 15 is 0 Å². The molecule has 1 fully saturated rings. The maximum Gasteiger partial charge on any atom is 0.416 e. The van der Waals surface area contributed by atoms with Crippen LogP contribution in [0.5, 0.6) is 5.75 Å². The number of esters is 1. The number of nitrogens with one attached hydrogen (secondary N) is 1. The molecule has 0 saturated carbocycles. The Balaban J connectivity index is 1.65. The molecule has 32 heavy (non-hydrogen) atoms. The largest absolute Gasteiger partial charge is 0.507 e. The van der Waals surface area contributed by atoms with Gasteiger partial charge in [-0.05, 0) is 63.1 Å². The normalized spacial score (nSPS) is 17.2. The molecule has 0 radical (unpaired) electrons.